The van der Waals surface area contributed by atoms with E-state index in [0.717, 1.165) is 69.7 Å². The second-order valence-corrected chi connectivity index (χ2v) is 7.72. The van der Waals surface area contributed by atoms with E-state index in [-0.39, 0.29) is 6.42 Å². The maximum atomic E-state index is 11.1. The molecule has 2 atom stereocenters. The van der Waals surface area contributed by atoms with Gasteiger partial charge in [-0.2, -0.15) is 0 Å². The lowest BCUT2D eigenvalue weighted by molar-refractivity contribution is -0.137. The number of carboxylic acid groups (broad SMARTS) is 1. The fourth-order valence-corrected chi connectivity index (χ4v) is 4.59. The third kappa shape index (κ3) is 4.51. The van der Waals surface area contributed by atoms with Crippen LogP contribution >= 0.6 is 0 Å². The number of carboxylic acids is 1. The first-order valence-corrected chi connectivity index (χ1v) is 9.91. The van der Waals surface area contributed by atoms with E-state index >= 15 is 0 Å². The summed E-state index contributed by atoms with van der Waals surface area (Å²) in [6.45, 7) is 6.41. The third-order valence-corrected chi connectivity index (χ3v) is 5.94. The summed E-state index contributed by atoms with van der Waals surface area (Å²) in [5, 5.41) is 10.3. The number of hydrogen-bond acceptors (Lipinski definition) is 5. The van der Waals surface area contributed by atoms with Gasteiger partial charge in [0.2, 0.25) is 0 Å². The second-order valence-electron chi connectivity index (χ2n) is 7.72. The number of piperidine rings is 1. The minimum absolute atomic E-state index is 0.250. The highest BCUT2D eigenvalue weighted by molar-refractivity contribution is 5.77. The molecule has 1 N–H and O–H groups in total. The van der Waals surface area contributed by atoms with Crippen molar-refractivity contribution in [2.75, 3.05) is 39.4 Å². The van der Waals surface area contributed by atoms with E-state index in [2.05, 4.69) is 21.9 Å². The van der Waals surface area contributed by atoms with Gasteiger partial charge in [0.15, 0.2) is 0 Å². The van der Waals surface area contributed by atoms with Gasteiger partial charge in [-0.3, -0.25) is 14.6 Å². The monoisotopic (exact) mass is 372 g/mol. The highest BCUT2D eigenvalue weighted by atomic mass is 16.5. The fourth-order valence-electron chi connectivity index (χ4n) is 4.59. The molecule has 2 aromatic rings. The number of ether oxygens (including phenoxy) is 1. The van der Waals surface area contributed by atoms with E-state index in [4.69, 9.17) is 14.3 Å². The molecule has 0 spiro atoms. The summed E-state index contributed by atoms with van der Waals surface area (Å²) < 4.78 is 10.9. The van der Waals surface area contributed by atoms with Crippen molar-refractivity contribution < 1.29 is 19.1 Å². The molecule has 4 rings (SSSR count). The van der Waals surface area contributed by atoms with Crippen LogP contribution in [0, 0.1) is 5.92 Å². The summed E-state index contributed by atoms with van der Waals surface area (Å²) in [5.74, 6) is -0.302. The minimum atomic E-state index is -0.696. The van der Waals surface area contributed by atoms with Gasteiger partial charge in [0.1, 0.15) is 5.58 Å². The van der Waals surface area contributed by atoms with Gasteiger partial charge in [0.25, 0.3) is 0 Å². The van der Waals surface area contributed by atoms with E-state index in [1.54, 1.807) is 6.26 Å². The molecule has 3 heterocycles. The molecule has 2 aliphatic rings. The molecule has 0 aliphatic carbocycles. The molecule has 6 nitrogen and oxygen atoms in total. The van der Waals surface area contributed by atoms with E-state index < -0.39 is 5.97 Å². The molecule has 6 heteroatoms. The molecule has 2 saturated heterocycles. The number of rotatable bonds is 6. The molecule has 2 fully saturated rings. The predicted molar refractivity (Wildman–Crippen MR) is 103 cm³/mol. The Kier molecular flexibility index (Phi) is 5.76. The van der Waals surface area contributed by atoms with Gasteiger partial charge in [-0.1, -0.05) is 6.07 Å². The zero-order valence-electron chi connectivity index (χ0n) is 15.7. The average Bonchev–Trinajstić information content (AvgIpc) is 3.15. The van der Waals surface area contributed by atoms with Crippen LogP contribution in [0.15, 0.2) is 34.9 Å². The van der Waals surface area contributed by atoms with E-state index in [1.807, 2.05) is 12.1 Å². The van der Waals surface area contributed by atoms with Crippen LogP contribution < -0.4 is 0 Å². The van der Waals surface area contributed by atoms with E-state index in [9.17, 15) is 4.79 Å². The minimum Gasteiger partial charge on any atom is -0.481 e. The predicted octanol–water partition coefficient (Wildman–Crippen LogP) is 2.82. The number of furan rings is 1. The first-order chi connectivity index (χ1) is 13.2. The van der Waals surface area contributed by atoms with Crippen molar-refractivity contribution in [3.8, 4) is 0 Å². The summed E-state index contributed by atoms with van der Waals surface area (Å²) in [6, 6.07) is 8.83. The number of likely N-dealkylation sites (tertiary alicyclic amines) is 1. The summed E-state index contributed by atoms with van der Waals surface area (Å²) >= 11 is 0. The van der Waals surface area contributed by atoms with Gasteiger partial charge >= 0.3 is 5.97 Å². The van der Waals surface area contributed by atoms with E-state index in [1.165, 1.54) is 5.56 Å². The third-order valence-electron chi connectivity index (χ3n) is 5.94. The number of fused-ring (bicyclic) bond motifs is 1. The SMILES string of the molecule is O=C(O)CC[C@@H]1CN(Cc2ccc3occc3c2)CC[C@@H]1N1CCOCC1. The Morgan fingerprint density at radius 1 is 1.19 bits per heavy atom. The van der Waals surface area contributed by atoms with Crippen molar-refractivity contribution in [1.82, 2.24) is 9.80 Å². The standard InChI is InChI=1S/C21H28N2O4/c24-21(25)4-2-18-15-22(7-5-19(18)23-8-11-26-12-9-23)14-16-1-3-20-17(13-16)6-10-27-20/h1,3,6,10,13,18-19H,2,4-5,7-9,11-12,14-15H2,(H,24,25)/t18-,19+/m1/s1. The summed E-state index contributed by atoms with van der Waals surface area (Å²) in [5.41, 5.74) is 2.20. The molecule has 1 aromatic carbocycles. The van der Waals surface area contributed by atoms with Crippen LogP contribution in [-0.2, 0) is 16.1 Å². The average molecular weight is 372 g/mol. The van der Waals surface area contributed by atoms with Crippen LogP contribution in [-0.4, -0.2) is 66.3 Å². The first kappa shape index (κ1) is 18.5. The Bertz CT molecular complexity index is 768. The Morgan fingerprint density at radius 3 is 2.85 bits per heavy atom. The lowest BCUT2D eigenvalue weighted by atomic mass is 9.86. The van der Waals surface area contributed by atoms with Gasteiger partial charge in [-0.25, -0.2) is 0 Å². The summed E-state index contributed by atoms with van der Waals surface area (Å²) in [7, 11) is 0. The highest BCUT2D eigenvalue weighted by Crippen LogP contribution is 2.28. The molecule has 0 amide bonds. The number of aliphatic carboxylic acids is 1. The van der Waals surface area contributed by atoms with Crippen LogP contribution in [0.2, 0.25) is 0 Å². The lowest BCUT2D eigenvalue weighted by Gasteiger charge is -2.45. The normalized spacial score (nSPS) is 25.0. The number of benzene rings is 1. The molecule has 0 saturated carbocycles. The van der Waals surface area contributed by atoms with Crippen LogP contribution in [0.3, 0.4) is 0 Å². The number of morpholine rings is 1. The first-order valence-electron chi connectivity index (χ1n) is 9.91. The van der Waals surface area contributed by atoms with Crippen LogP contribution in [0.4, 0.5) is 0 Å². The molecule has 0 radical (unpaired) electrons. The maximum absolute atomic E-state index is 11.1. The largest absolute Gasteiger partial charge is 0.481 e. The highest BCUT2D eigenvalue weighted by Gasteiger charge is 2.34. The number of carbonyl (C=O) groups is 1. The van der Waals surface area contributed by atoms with Crippen LogP contribution in [0.25, 0.3) is 11.0 Å². The second kappa shape index (κ2) is 8.42. The Balaban J connectivity index is 1.42. The molecule has 0 unspecified atom stereocenters. The molecule has 2 aliphatic heterocycles. The zero-order chi connectivity index (χ0) is 18.6. The Hall–Kier alpha value is -1.89. The van der Waals surface area contributed by atoms with Crippen molar-refractivity contribution in [1.29, 1.82) is 0 Å². The molecular formula is C21H28N2O4. The maximum Gasteiger partial charge on any atom is 0.303 e. The van der Waals surface area contributed by atoms with Crippen molar-refractivity contribution in [3.05, 3.63) is 36.1 Å². The van der Waals surface area contributed by atoms with Crippen molar-refractivity contribution in [2.45, 2.75) is 31.8 Å². The molecule has 0 bridgehead atoms. The van der Waals surface area contributed by atoms with Gasteiger partial charge < -0.3 is 14.3 Å². The van der Waals surface area contributed by atoms with Gasteiger partial charge in [-0.05, 0) is 49.1 Å². The van der Waals surface area contributed by atoms with E-state index in [0.29, 0.717) is 12.0 Å². The summed E-state index contributed by atoms with van der Waals surface area (Å²) in [4.78, 5) is 16.1. The number of nitrogens with zero attached hydrogens (tertiary/aromatic N) is 2. The molecular weight excluding hydrogens is 344 g/mol. The number of hydrogen-bond donors (Lipinski definition) is 1. The van der Waals surface area contributed by atoms with Gasteiger partial charge in [0.05, 0.1) is 19.5 Å². The lowest BCUT2D eigenvalue weighted by Crippen LogP contribution is -2.53. The van der Waals surface area contributed by atoms with Crippen LogP contribution in [0.1, 0.15) is 24.8 Å². The molecule has 1 aromatic heterocycles. The van der Waals surface area contributed by atoms with Gasteiger partial charge in [-0.15, -0.1) is 0 Å². The smallest absolute Gasteiger partial charge is 0.303 e. The Labute approximate surface area is 159 Å². The summed E-state index contributed by atoms with van der Waals surface area (Å²) in [6.07, 6.45) is 3.82. The van der Waals surface area contributed by atoms with Crippen LogP contribution in [0.5, 0.6) is 0 Å². The van der Waals surface area contributed by atoms with Crippen molar-refractivity contribution >= 4 is 16.9 Å². The van der Waals surface area contributed by atoms with Crippen molar-refractivity contribution in [2.24, 2.45) is 5.92 Å². The van der Waals surface area contributed by atoms with Gasteiger partial charge in [0, 0.05) is 44.0 Å². The fraction of sp³-hybridized carbons (Fsp3) is 0.571. The Morgan fingerprint density at radius 2 is 2.04 bits per heavy atom. The zero-order valence-corrected chi connectivity index (χ0v) is 15.7. The molecule has 27 heavy (non-hydrogen) atoms. The van der Waals surface area contributed by atoms with Crippen molar-refractivity contribution in [3.63, 3.8) is 0 Å². The topological polar surface area (TPSA) is 66.2 Å². The quantitative estimate of drug-likeness (QED) is 0.841. The molecule has 146 valence electrons.